The molecule has 1 N–H and O–H groups in total. The lowest BCUT2D eigenvalue weighted by molar-refractivity contribution is 0.404. The van der Waals surface area contributed by atoms with Crippen LogP contribution in [0.15, 0.2) is 45.1 Å². The maximum absolute atomic E-state index is 4.06. The molecule has 0 aromatic carbocycles. The van der Waals surface area contributed by atoms with Crippen LogP contribution in [0.2, 0.25) is 0 Å². The van der Waals surface area contributed by atoms with Crippen molar-refractivity contribution in [2.45, 2.75) is 47.0 Å². The minimum absolute atomic E-state index is 0.0508. The molecule has 0 bridgehead atoms. The summed E-state index contributed by atoms with van der Waals surface area (Å²) < 4.78 is 0. The molecular formula is C15H27N3S. The molecule has 0 saturated carbocycles. The standard InChI is InChI=1S/C15H27N3S/c1-8-9-14(11-19-12(2)3)10-15(5,6)13(4)17-18-16-7/h11H,2,4,8-10H2,1,3,5-7H3,(H,16,17)/b14-11+. The van der Waals surface area contributed by atoms with Crippen LogP contribution in [0, 0.1) is 5.41 Å². The van der Waals surface area contributed by atoms with Crippen molar-refractivity contribution in [3.05, 3.63) is 34.7 Å². The van der Waals surface area contributed by atoms with E-state index in [1.54, 1.807) is 18.8 Å². The van der Waals surface area contributed by atoms with Crippen LogP contribution in [0.25, 0.3) is 0 Å². The first kappa shape index (κ1) is 18.0. The van der Waals surface area contributed by atoms with Gasteiger partial charge in [-0.2, -0.15) is 5.11 Å². The van der Waals surface area contributed by atoms with Gasteiger partial charge in [0.25, 0.3) is 0 Å². The summed E-state index contributed by atoms with van der Waals surface area (Å²) in [5, 5.41) is 9.71. The van der Waals surface area contributed by atoms with Crippen molar-refractivity contribution in [3.63, 3.8) is 0 Å². The Kier molecular flexibility index (Phi) is 8.48. The smallest absolute Gasteiger partial charge is 0.0509 e. The molecule has 0 aliphatic carbocycles. The van der Waals surface area contributed by atoms with Crippen LogP contribution in [-0.2, 0) is 0 Å². The molecule has 0 spiro atoms. The Morgan fingerprint density at radius 2 is 2.00 bits per heavy atom. The van der Waals surface area contributed by atoms with Gasteiger partial charge in [0.05, 0.1) is 7.05 Å². The zero-order chi connectivity index (χ0) is 14.9. The molecule has 0 heterocycles. The van der Waals surface area contributed by atoms with E-state index in [4.69, 9.17) is 0 Å². The molecule has 0 aliphatic heterocycles. The topological polar surface area (TPSA) is 36.8 Å². The van der Waals surface area contributed by atoms with Crippen LogP contribution in [0.3, 0.4) is 0 Å². The predicted molar refractivity (Wildman–Crippen MR) is 86.8 cm³/mol. The first-order valence-electron chi connectivity index (χ1n) is 6.57. The van der Waals surface area contributed by atoms with Crippen molar-refractivity contribution < 1.29 is 0 Å². The minimum atomic E-state index is -0.0508. The summed E-state index contributed by atoms with van der Waals surface area (Å²) >= 11 is 1.70. The molecule has 0 rings (SSSR count). The summed E-state index contributed by atoms with van der Waals surface area (Å²) in [4.78, 5) is 1.11. The first-order chi connectivity index (χ1) is 8.83. The summed E-state index contributed by atoms with van der Waals surface area (Å²) in [6, 6.07) is 0. The van der Waals surface area contributed by atoms with Gasteiger partial charge in [-0.25, -0.2) is 0 Å². The van der Waals surface area contributed by atoms with Gasteiger partial charge in [-0.05, 0) is 30.1 Å². The molecule has 0 unspecified atom stereocenters. The van der Waals surface area contributed by atoms with E-state index in [0.717, 1.165) is 29.9 Å². The molecule has 0 aromatic rings. The maximum Gasteiger partial charge on any atom is 0.0509 e. The van der Waals surface area contributed by atoms with Gasteiger partial charge in [-0.15, -0.1) is 11.8 Å². The summed E-state index contributed by atoms with van der Waals surface area (Å²) in [5.74, 6) is 0. The lowest BCUT2D eigenvalue weighted by Crippen LogP contribution is -2.23. The molecule has 0 radical (unpaired) electrons. The Labute approximate surface area is 122 Å². The fraction of sp³-hybridized carbons (Fsp3) is 0.600. The molecular weight excluding hydrogens is 254 g/mol. The highest BCUT2D eigenvalue weighted by atomic mass is 32.2. The van der Waals surface area contributed by atoms with Crippen molar-refractivity contribution >= 4 is 11.8 Å². The zero-order valence-electron chi connectivity index (χ0n) is 12.9. The van der Waals surface area contributed by atoms with Crippen molar-refractivity contribution in [1.82, 2.24) is 5.43 Å². The van der Waals surface area contributed by atoms with E-state index in [1.807, 2.05) is 6.92 Å². The quantitative estimate of drug-likeness (QED) is 0.450. The second-order valence-electron chi connectivity index (χ2n) is 5.30. The van der Waals surface area contributed by atoms with Gasteiger partial charge in [-0.3, -0.25) is 5.43 Å². The number of nitrogens with zero attached hydrogens (tertiary/aromatic N) is 2. The molecule has 0 aliphatic rings. The van der Waals surface area contributed by atoms with E-state index in [1.165, 1.54) is 5.57 Å². The van der Waals surface area contributed by atoms with Crippen molar-refractivity contribution in [2.75, 3.05) is 7.05 Å². The Bertz CT molecular complexity index is 368. The molecule has 19 heavy (non-hydrogen) atoms. The third-order valence-corrected chi connectivity index (χ3v) is 3.62. The van der Waals surface area contributed by atoms with E-state index in [0.29, 0.717) is 0 Å². The van der Waals surface area contributed by atoms with E-state index < -0.39 is 0 Å². The maximum atomic E-state index is 4.06. The average molecular weight is 281 g/mol. The van der Waals surface area contributed by atoms with E-state index in [9.17, 15) is 0 Å². The largest absolute Gasteiger partial charge is 0.264 e. The lowest BCUT2D eigenvalue weighted by Gasteiger charge is -2.27. The van der Waals surface area contributed by atoms with Gasteiger partial charge >= 0.3 is 0 Å². The number of thioether (sulfide) groups is 1. The van der Waals surface area contributed by atoms with Gasteiger partial charge in [0.2, 0.25) is 0 Å². The van der Waals surface area contributed by atoms with Crippen molar-refractivity contribution in [2.24, 2.45) is 15.8 Å². The van der Waals surface area contributed by atoms with Gasteiger partial charge in [-0.1, -0.05) is 51.1 Å². The molecule has 0 atom stereocenters. The van der Waals surface area contributed by atoms with Crippen LogP contribution < -0.4 is 5.43 Å². The van der Waals surface area contributed by atoms with Crippen LogP contribution >= 0.6 is 11.8 Å². The average Bonchev–Trinajstić information content (AvgIpc) is 2.32. The first-order valence-corrected chi connectivity index (χ1v) is 7.45. The number of allylic oxidation sites excluding steroid dienone is 3. The van der Waals surface area contributed by atoms with Gasteiger partial charge in [0, 0.05) is 11.1 Å². The Morgan fingerprint density at radius 1 is 1.37 bits per heavy atom. The third kappa shape index (κ3) is 7.88. The van der Waals surface area contributed by atoms with Crippen LogP contribution in [0.5, 0.6) is 0 Å². The normalized spacial score (nSPS) is 12.8. The fourth-order valence-electron chi connectivity index (χ4n) is 1.63. The monoisotopic (exact) mass is 281 g/mol. The Hall–Kier alpha value is -1.03. The molecule has 0 saturated heterocycles. The van der Waals surface area contributed by atoms with Crippen LogP contribution in [0.1, 0.15) is 47.0 Å². The number of nitrogens with one attached hydrogen (secondary N) is 1. The molecule has 108 valence electrons. The number of hydrogen-bond acceptors (Lipinski definition) is 3. The van der Waals surface area contributed by atoms with E-state index in [2.05, 4.69) is 55.1 Å². The van der Waals surface area contributed by atoms with Gasteiger partial charge < -0.3 is 0 Å². The zero-order valence-corrected chi connectivity index (χ0v) is 13.7. The van der Waals surface area contributed by atoms with E-state index >= 15 is 0 Å². The van der Waals surface area contributed by atoms with Crippen LogP contribution in [0.4, 0.5) is 0 Å². The highest BCUT2D eigenvalue weighted by Crippen LogP contribution is 2.34. The Morgan fingerprint density at radius 3 is 2.47 bits per heavy atom. The van der Waals surface area contributed by atoms with Crippen molar-refractivity contribution in [1.29, 1.82) is 0 Å². The summed E-state index contributed by atoms with van der Waals surface area (Å²) in [7, 11) is 1.64. The third-order valence-electron chi connectivity index (χ3n) is 2.77. The number of rotatable bonds is 9. The van der Waals surface area contributed by atoms with E-state index in [-0.39, 0.29) is 5.41 Å². The second kappa shape index (κ2) is 8.97. The van der Waals surface area contributed by atoms with Crippen molar-refractivity contribution in [3.8, 4) is 0 Å². The van der Waals surface area contributed by atoms with Gasteiger partial charge in [0.1, 0.15) is 0 Å². The second-order valence-corrected chi connectivity index (χ2v) is 6.47. The molecule has 0 fully saturated rings. The molecule has 0 amide bonds. The SMILES string of the molecule is C=C(C)S/C=C(\CCC)CC(C)(C)C(=C)NN=NC. The molecule has 3 nitrogen and oxygen atoms in total. The summed E-state index contributed by atoms with van der Waals surface area (Å²) in [6.07, 6.45) is 3.21. The van der Waals surface area contributed by atoms with Crippen LogP contribution in [-0.4, -0.2) is 7.05 Å². The summed E-state index contributed by atoms with van der Waals surface area (Å²) in [5.41, 5.74) is 5.16. The molecule has 0 aromatic heterocycles. The predicted octanol–water partition coefficient (Wildman–Crippen LogP) is 5.45. The van der Waals surface area contributed by atoms with Gasteiger partial charge in [0.15, 0.2) is 0 Å². The Balaban J connectivity index is 4.75. The highest BCUT2D eigenvalue weighted by molar-refractivity contribution is 8.05. The number of hydrogen-bond donors (Lipinski definition) is 1. The lowest BCUT2D eigenvalue weighted by atomic mass is 9.82. The fourth-order valence-corrected chi connectivity index (χ4v) is 2.20. The molecule has 4 heteroatoms. The summed E-state index contributed by atoms with van der Waals surface area (Å²) in [6.45, 7) is 16.5. The minimum Gasteiger partial charge on any atom is -0.264 e. The highest BCUT2D eigenvalue weighted by Gasteiger charge is 2.23.